The molecule has 1 fully saturated rings. The molecule has 2 aliphatic rings. The Morgan fingerprint density at radius 2 is 2.12 bits per heavy atom. The van der Waals surface area contributed by atoms with Crippen molar-refractivity contribution in [1.82, 2.24) is 19.7 Å². The number of esters is 1. The number of carboxylic acid groups (broad SMARTS) is 1. The average molecular weight is 376 g/mol. The number of ether oxygens (including phenoxy) is 1. The van der Waals surface area contributed by atoms with Crippen LogP contribution in [-0.2, 0) is 35.6 Å². The van der Waals surface area contributed by atoms with Gasteiger partial charge in [0.15, 0.2) is 6.04 Å². The number of rotatable bonds is 5. The lowest BCUT2D eigenvalue weighted by atomic mass is 9.98. The summed E-state index contributed by atoms with van der Waals surface area (Å²) in [6.45, 7) is -0.726. The lowest BCUT2D eigenvalue weighted by molar-refractivity contribution is -0.147. The van der Waals surface area contributed by atoms with Crippen molar-refractivity contribution in [2.75, 3.05) is 13.7 Å². The number of carboxylic acids is 1. The minimum Gasteiger partial charge on any atom is -0.480 e. The highest BCUT2D eigenvalue weighted by Gasteiger charge is 2.54. The molecule has 3 rings (SSSR count). The van der Waals surface area contributed by atoms with Crippen molar-refractivity contribution in [3.63, 3.8) is 0 Å². The van der Waals surface area contributed by atoms with Gasteiger partial charge in [0.25, 0.3) is 0 Å². The summed E-state index contributed by atoms with van der Waals surface area (Å²) in [6, 6.07) is -3.34. The Balaban J connectivity index is 2.12. The number of hydrogen-bond donors (Lipinski definition) is 2. The number of amides is 2. The molecular weight excluding hydrogens is 364 g/mol. The van der Waals surface area contributed by atoms with Crippen LogP contribution in [0, 0.1) is 0 Å². The van der Waals surface area contributed by atoms with Crippen molar-refractivity contribution in [3.05, 3.63) is 17.5 Å². The van der Waals surface area contributed by atoms with Gasteiger partial charge in [-0.15, -0.1) is 4.28 Å². The number of nitrogens with zero attached hydrogens (tertiary/aromatic N) is 4. The third-order valence-electron chi connectivity index (χ3n) is 3.81. The Morgan fingerprint density at radius 1 is 1.44 bits per heavy atom. The Kier molecular flexibility index (Phi) is 3.89. The van der Waals surface area contributed by atoms with E-state index in [9.17, 15) is 22.8 Å². The van der Waals surface area contributed by atoms with Gasteiger partial charge in [0.2, 0.25) is 0 Å². The van der Waals surface area contributed by atoms with E-state index in [1.165, 1.54) is 6.20 Å². The number of hydroxylamine groups is 2. The lowest BCUT2D eigenvalue weighted by Crippen LogP contribution is -2.40. The summed E-state index contributed by atoms with van der Waals surface area (Å²) >= 11 is 0. The van der Waals surface area contributed by atoms with Crippen molar-refractivity contribution < 1.29 is 41.5 Å². The maximum Gasteiger partial charge on any atom is 0.418 e. The minimum atomic E-state index is -5.00. The molecule has 3 heterocycles. The Bertz CT molecular complexity index is 863. The van der Waals surface area contributed by atoms with Crippen LogP contribution >= 0.6 is 0 Å². The van der Waals surface area contributed by atoms with E-state index in [4.69, 9.17) is 9.66 Å². The van der Waals surface area contributed by atoms with E-state index in [-0.39, 0.29) is 17.8 Å². The smallest absolute Gasteiger partial charge is 0.418 e. The topological polar surface area (TPSA) is 169 Å². The number of urea groups is 1. The molecule has 1 aromatic heterocycles. The molecule has 25 heavy (non-hydrogen) atoms. The first-order valence-corrected chi connectivity index (χ1v) is 8.12. The van der Waals surface area contributed by atoms with Gasteiger partial charge in [-0.1, -0.05) is 0 Å². The number of hydrogen-bond acceptors (Lipinski definition) is 8. The van der Waals surface area contributed by atoms with Gasteiger partial charge in [-0.05, 0) is 0 Å². The third kappa shape index (κ3) is 2.79. The largest absolute Gasteiger partial charge is 0.480 e. The molecule has 2 N–H and O–H groups in total. The molecule has 2 amide bonds. The first kappa shape index (κ1) is 17.1. The fraction of sp³-hybridized carbons (Fsp3) is 0.455. The van der Waals surface area contributed by atoms with E-state index in [1.807, 2.05) is 0 Å². The normalized spacial score (nSPS) is 22.1. The maximum absolute atomic E-state index is 12.4. The molecule has 136 valence electrons. The summed E-state index contributed by atoms with van der Waals surface area (Å²) in [5.74, 6) is -2.10. The zero-order valence-corrected chi connectivity index (χ0v) is 13.4. The van der Waals surface area contributed by atoms with E-state index in [0.29, 0.717) is 5.06 Å². The van der Waals surface area contributed by atoms with Crippen LogP contribution in [0.2, 0.25) is 0 Å². The number of aromatic nitrogens is 2. The minimum absolute atomic E-state index is 0.0697. The molecule has 13 nitrogen and oxygen atoms in total. The molecule has 0 saturated carbocycles. The van der Waals surface area contributed by atoms with Crippen molar-refractivity contribution in [3.8, 4) is 0 Å². The van der Waals surface area contributed by atoms with E-state index in [1.54, 1.807) is 0 Å². The van der Waals surface area contributed by atoms with Gasteiger partial charge < -0.3 is 14.7 Å². The van der Waals surface area contributed by atoms with Crippen LogP contribution in [0.1, 0.15) is 23.3 Å². The summed E-state index contributed by atoms with van der Waals surface area (Å²) in [5.41, 5.74) is 0.280. The predicted molar refractivity (Wildman–Crippen MR) is 73.9 cm³/mol. The van der Waals surface area contributed by atoms with Crippen LogP contribution in [-0.4, -0.2) is 69.4 Å². The second kappa shape index (κ2) is 5.68. The fourth-order valence-corrected chi connectivity index (χ4v) is 3.31. The van der Waals surface area contributed by atoms with Crippen LogP contribution in [0.25, 0.3) is 0 Å². The summed E-state index contributed by atoms with van der Waals surface area (Å²) in [4.78, 5) is 36.5. The van der Waals surface area contributed by atoms with Crippen molar-refractivity contribution in [1.29, 1.82) is 0 Å². The van der Waals surface area contributed by atoms with Crippen LogP contribution in [0.3, 0.4) is 0 Å². The number of aliphatic carboxylic acids is 1. The lowest BCUT2D eigenvalue weighted by Gasteiger charge is -2.29. The Morgan fingerprint density at radius 3 is 2.68 bits per heavy atom. The molecule has 14 heteroatoms. The second-order valence-corrected chi connectivity index (χ2v) is 6.25. The van der Waals surface area contributed by atoms with Crippen LogP contribution in [0.15, 0.2) is 6.20 Å². The molecule has 2 atom stereocenters. The summed E-state index contributed by atoms with van der Waals surface area (Å²) < 4.78 is 40.8. The molecule has 0 aromatic carbocycles. The molecule has 1 aromatic rings. The average Bonchev–Trinajstić information content (AvgIpc) is 3.02. The van der Waals surface area contributed by atoms with Crippen LogP contribution in [0.5, 0.6) is 0 Å². The molecule has 2 unspecified atom stereocenters. The first-order chi connectivity index (χ1) is 11.6. The standard InChI is InChI=1S/C11H12N4O9S/c1-23-10(18)9-8-5(2-12-14(8)4-7(16)17)6-3-13(9)11(19)15(6)24-25(20,21)22/h2,6,9H,3-4H2,1H3,(H,16,17)(H,20,21,22). The van der Waals surface area contributed by atoms with Gasteiger partial charge >= 0.3 is 28.4 Å². The first-order valence-electron chi connectivity index (χ1n) is 6.76. The van der Waals surface area contributed by atoms with Crippen LogP contribution < -0.4 is 0 Å². The summed E-state index contributed by atoms with van der Waals surface area (Å²) in [7, 11) is -3.91. The predicted octanol–water partition coefficient (Wildman–Crippen LogP) is -1.29. The van der Waals surface area contributed by atoms with Crippen molar-refractivity contribution in [2.24, 2.45) is 0 Å². The zero-order chi connectivity index (χ0) is 18.5. The molecule has 0 radical (unpaired) electrons. The van der Waals surface area contributed by atoms with Gasteiger partial charge in [-0.25, -0.2) is 9.59 Å². The molecule has 0 aliphatic carbocycles. The third-order valence-corrected chi connectivity index (χ3v) is 4.16. The monoisotopic (exact) mass is 376 g/mol. The van der Waals surface area contributed by atoms with Crippen LogP contribution in [0.4, 0.5) is 4.79 Å². The second-order valence-electron chi connectivity index (χ2n) is 5.24. The highest BCUT2D eigenvalue weighted by molar-refractivity contribution is 7.80. The number of methoxy groups -OCH3 is 1. The number of carbonyl (C=O) groups excluding carboxylic acids is 2. The van der Waals surface area contributed by atoms with Gasteiger partial charge in [0.05, 0.1) is 25.5 Å². The zero-order valence-electron chi connectivity index (χ0n) is 12.6. The highest BCUT2D eigenvalue weighted by Crippen LogP contribution is 2.44. The van der Waals surface area contributed by atoms with Crippen molar-refractivity contribution in [2.45, 2.75) is 18.6 Å². The summed E-state index contributed by atoms with van der Waals surface area (Å²) in [5, 5.41) is 13.2. The van der Waals surface area contributed by atoms with E-state index < -0.39 is 47.0 Å². The highest BCUT2D eigenvalue weighted by atomic mass is 32.3. The fourth-order valence-electron chi connectivity index (χ4n) is 2.94. The van der Waals surface area contributed by atoms with E-state index in [0.717, 1.165) is 16.7 Å². The Hall–Kier alpha value is -2.71. The Labute approximate surface area is 140 Å². The van der Waals surface area contributed by atoms with Gasteiger partial charge in [-0.3, -0.25) is 14.0 Å². The molecule has 0 spiro atoms. The van der Waals surface area contributed by atoms with Gasteiger partial charge in [0, 0.05) is 5.56 Å². The molecule has 2 bridgehead atoms. The van der Waals surface area contributed by atoms with Gasteiger partial charge in [-0.2, -0.15) is 18.6 Å². The summed E-state index contributed by atoms with van der Waals surface area (Å²) in [6.07, 6.45) is 1.20. The molecule has 1 saturated heterocycles. The quantitative estimate of drug-likeness (QED) is 0.465. The SMILES string of the molecule is COC(=O)C1c2c(cnn2CC(=O)O)C2CN1C(=O)N2OS(=O)(=O)O. The van der Waals surface area contributed by atoms with E-state index in [2.05, 4.69) is 14.1 Å². The number of fused-ring (bicyclic) bond motifs is 4. The van der Waals surface area contributed by atoms with Gasteiger partial charge in [0.1, 0.15) is 12.6 Å². The van der Waals surface area contributed by atoms with E-state index >= 15 is 0 Å². The molecule has 2 aliphatic heterocycles. The maximum atomic E-state index is 12.4. The molecular formula is C11H12N4O9S. The number of carbonyl (C=O) groups is 3. The van der Waals surface area contributed by atoms with Crippen molar-refractivity contribution >= 4 is 28.4 Å².